The Morgan fingerprint density at radius 2 is 2.28 bits per heavy atom. The van der Waals surface area contributed by atoms with Gasteiger partial charge >= 0.3 is 0 Å². The lowest BCUT2D eigenvalue weighted by atomic mass is 9.86. The van der Waals surface area contributed by atoms with Crippen LogP contribution < -0.4 is 5.73 Å². The van der Waals surface area contributed by atoms with Gasteiger partial charge in [-0.3, -0.25) is 9.58 Å². The zero-order valence-electron chi connectivity index (χ0n) is 11.8. The number of aryl methyl sites for hydroxylation is 1. The van der Waals surface area contributed by atoms with Crippen molar-refractivity contribution in [1.29, 1.82) is 0 Å². The number of nitrogens with zero attached hydrogens (tertiary/aromatic N) is 3. The van der Waals surface area contributed by atoms with Crippen LogP contribution in [0.2, 0.25) is 0 Å². The molecule has 0 spiro atoms. The zero-order valence-corrected chi connectivity index (χ0v) is 11.8. The quantitative estimate of drug-likeness (QED) is 0.889. The Balaban J connectivity index is 2.33. The van der Waals surface area contributed by atoms with Crippen LogP contribution in [0.25, 0.3) is 0 Å². The van der Waals surface area contributed by atoms with Crippen molar-refractivity contribution in [2.75, 3.05) is 13.1 Å². The smallest absolute Gasteiger partial charge is 0.0560 e. The van der Waals surface area contributed by atoms with Gasteiger partial charge in [0, 0.05) is 18.8 Å². The van der Waals surface area contributed by atoms with Crippen molar-refractivity contribution in [2.24, 2.45) is 11.7 Å². The van der Waals surface area contributed by atoms with E-state index in [0.29, 0.717) is 18.0 Å². The maximum atomic E-state index is 6.00. The zero-order chi connectivity index (χ0) is 13.1. The normalized spacial score (nSPS) is 25.8. The third-order valence-corrected chi connectivity index (χ3v) is 4.11. The minimum Gasteiger partial charge on any atom is -0.330 e. The Hall–Kier alpha value is -0.870. The Bertz CT molecular complexity index is 372. The molecule has 0 aromatic carbocycles. The van der Waals surface area contributed by atoms with Gasteiger partial charge in [0.2, 0.25) is 0 Å². The monoisotopic (exact) mass is 250 g/mol. The number of likely N-dealkylation sites (tertiary alicyclic amines) is 1. The summed E-state index contributed by atoms with van der Waals surface area (Å²) in [5.74, 6) is 0.558. The Morgan fingerprint density at radius 1 is 1.50 bits per heavy atom. The molecule has 1 fully saturated rings. The van der Waals surface area contributed by atoms with E-state index in [2.05, 4.69) is 41.5 Å². The lowest BCUT2D eigenvalue weighted by molar-refractivity contribution is 0.0608. The van der Waals surface area contributed by atoms with Crippen LogP contribution in [-0.4, -0.2) is 33.8 Å². The molecule has 0 aliphatic carbocycles. The van der Waals surface area contributed by atoms with E-state index in [9.17, 15) is 0 Å². The highest BCUT2D eigenvalue weighted by Gasteiger charge is 2.34. The second-order valence-electron chi connectivity index (χ2n) is 5.49. The molecule has 2 unspecified atom stereocenters. The molecule has 18 heavy (non-hydrogen) atoms. The molecule has 1 aliphatic heterocycles. The molecule has 2 atom stereocenters. The minimum atomic E-state index is 0.436. The first-order valence-corrected chi connectivity index (χ1v) is 7.16. The summed E-state index contributed by atoms with van der Waals surface area (Å²) in [6, 6.07) is 3.16. The average molecular weight is 250 g/mol. The minimum absolute atomic E-state index is 0.436. The fourth-order valence-electron chi connectivity index (χ4n) is 3.20. The fourth-order valence-corrected chi connectivity index (χ4v) is 3.20. The van der Waals surface area contributed by atoms with E-state index in [0.717, 1.165) is 13.1 Å². The van der Waals surface area contributed by atoms with Crippen molar-refractivity contribution in [2.45, 2.75) is 52.2 Å². The predicted molar refractivity (Wildman–Crippen MR) is 74.3 cm³/mol. The van der Waals surface area contributed by atoms with Crippen molar-refractivity contribution in [1.82, 2.24) is 14.7 Å². The average Bonchev–Trinajstić information content (AvgIpc) is 2.85. The number of aromatic nitrogens is 2. The molecule has 1 aliphatic rings. The molecule has 1 aromatic heterocycles. The van der Waals surface area contributed by atoms with Gasteiger partial charge in [-0.25, -0.2) is 0 Å². The highest BCUT2D eigenvalue weighted by atomic mass is 15.3. The Morgan fingerprint density at radius 3 is 2.89 bits per heavy atom. The van der Waals surface area contributed by atoms with E-state index in [-0.39, 0.29) is 0 Å². The molecule has 2 heterocycles. The van der Waals surface area contributed by atoms with Crippen LogP contribution in [0.1, 0.15) is 45.3 Å². The molecule has 102 valence electrons. The number of rotatable bonds is 4. The number of hydrogen-bond acceptors (Lipinski definition) is 3. The van der Waals surface area contributed by atoms with E-state index in [4.69, 9.17) is 5.73 Å². The summed E-state index contributed by atoms with van der Waals surface area (Å²) in [7, 11) is 0. The summed E-state index contributed by atoms with van der Waals surface area (Å²) in [4.78, 5) is 2.59. The van der Waals surface area contributed by atoms with Gasteiger partial charge < -0.3 is 5.73 Å². The first-order chi connectivity index (χ1) is 8.69. The van der Waals surface area contributed by atoms with Gasteiger partial charge in [-0.1, -0.05) is 0 Å². The molecule has 2 N–H and O–H groups in total. The van der Waals surface area contributed by atoms with E-state index in [1.807, 2.05) is 6.20 Å². The Labute approximate surface area is 110 Å². The third-order valence-electron chi connectivity index (χ3n) is 4.11. The van der Waals surface area contributed by atoms with Gasteiger partial charge in [-0.2, -0.15) is 5.10 Å². The Kier molecular flexibility index (Phi) is 4.40. The van der Waals surface area contributed by atoms with Gasteiger partial charge in [-0.05, 0) is 58.7 Å². The largest absolute Gasteiger partial charge is 0.330 e. The van der Waals surface area contributed by atoms with Gasteiger partial charge in [0.1, 0.15) is 0 Å². The van der Waals surface area contributed by atoms with Crippen LogP contribution >= 0.6 is 0 Å². The van der Waals surface area contributed by atoms with Crippen LogP contribution in [0.3, 0.4) is 0 Å². The molecule has 0 saturated carbocycles. The highest BCUT2D eigenvalue weighted by Crippen LogP contribution is 2.36. The second kappa shape index (κ2) is 5.85. The first-order valence-electron chi connectivity index (χ1n) is 7.16. The summed E-state index contributed by atoms with van der Waals surface area (Å²) in [5.41, 5.74) is 7.33. The summed E-state index contributed by atoms with van der Waals surface area (Å²) in [5, 5.41) is 4.42. The number of hydrogen-bond donors (Lipinski definition) is 1. The molecular formula is C14H26N4. The van der Waals surface area contributed by atoms with Gasteiger partial charge in [0.05, 0.1) is 11.7 Å². The van der Waals surface area contributed by atoms with Crippen molar-refractivity contribution in [3.63, 3.8) is 0 Å². The van der Waals surface area contributed by atoms with Crippen LogP contribution in [0.15, 0.2) is 12.3 Å². The van der Waals surface area contributed by atoms with Crippen LogP contribution in [0.4, 0.5) is 0 Å². The fraction of sp³-hybridized carbons (Fsp3) is 0.786. The second-order valence-corrected chi connectivity index (χ2v) is 5.49. The number of piperidine rings is 1. The molecule has 0 radical (unpaired) electrons. The van der Waals surface area contributed by atoms with Crippen molar-refractivity contribution in [3.05, 3.63) is 18.0 Å². The number of nitrogens with two attached hydrogens (primary N) is 1. The van der Waals surface area contributed by atoms with Crippen molar-refractivity contribution < 1.29 is 0 Å². The first kappa shape index (κ1) is 13.6. The molecule has 0 amide bonds. The van der Waals surface area contributed by atoms with Crippen LogP contribution in [0.5, 0.6) is 0 Å². The van der Waals surface area contributed by atoms with Gasteiger partial charge in [0.25, 0.3) is 0 Å². The van der Waals surface area contributed by atoms with Crippen LogP contribution in [0, 0.1) is 5.92 Å². The molecule has 4 nitrogen and oxygen atoms in total. The maximum Gasteiger partial charge on any atom is 0.0560 e. The van der Waals surface area contributed by atoms with Crippen molar-refractivity contribution in [3.8, 4) is 0 Å². The summed E-state index contributed by atoms with van der Waals surface area (Å²) >= 11 is 0. The standard InChI is InChI=1S/C14H26N4/c1-4-18-13(7-8-16-18)14-12(10-15)6-5-9-17(14)11(2)3/h7-8,11-12,14H,4-6,9-10,15H2,1-3H3. The summed E-state index contributed by atoms with van der Waals surface area (Å²) in [6.45, 7) is 9.58. The summed E-state index contributed by atoms with van der Waals surface area (Å²) < 4.78 is 2.12. The highest BCUT2D eigenvalue weighted by molar-refractivity contribution is 5.11. The molecule has 2 rings (SSSR count). The van der Waals surface area contributed by atoms with Gasteiger partial charge in [0.15, 0.2) is 0 Å². The van der Waals surface area contributed by atoms with E-state index >= 15 is 0 Å². The van der Waals surface area contributed by atoms with Gasteiger partial charge in [-0.15, -0.1) is 0 Å². The van der Waals surface area contributed by atoms with Crippen molar-refractivity contribution >= 4 is 0 Å². The van der Waals surface area contributed by atoms with E-state index in [1.54, 1.807) is 0 Å². The SMILES string of the molecule is CCn1nccc1C1C(CN)CCCN1C(C)C. The van der Waals surface area contributed by atoms with Crippen LogP contribution in [-0.2, 0) is 6.54 Å². The molecular weight excluding hydrogens is 224 g/mol. The lowest BCUT2D eigenvalue weighted by Gasteiger charge is -2.43. The predicted octanol–water partition coefficient (Wildman–Crippen LogP) is 2.02. The molecule has 1 aromatic rings. The lowest BCUT2D eigenvalue weighted by Crippen LogP contribution is -2.45. The summed E-state index contributed by atoms with van der Waals surface area (Å²) in [6.07, 6.45) is 4.41. The van der Waals surface area contributed by atoms with E-state index < -0.39 is 0 Å². The van der Waals surface area contributed by atoms with E-state index in [1.165, 1.54) is 25.1 Å². The molecule has 4 heteroatoms. The molecule has 0 bridgehead atoms. The molecule has 1 saturated heterocycles. The third kappa shape index (κ3) is 2.45. The maximum absolute atomic E-state index is 6.00. The topological polar surface area (TPSA) is 47.1 Å².